The molecule has 1 unspecified atom stereocenters. The SMILES string of the molecule is CCC1(C(O)c2ccccc2C(F)(F)F)CCCC1. The number of halogens is 3. The average molecular weight is 272 g/mol. The van der Waals surface area contributed by atoms with Gasteiger partial charge in [0.05, 0.1) is 11.7 Å². The van der Waals surface area contributed by atoms with E-state index in [9.17, 15) is 18.3 Å². The minimum Gasteiger partial charge on any atom is -0.388 e. The molecule has 0 bridgehead atoms. The molecule has 1 aliphatic rings. The van der Waals surface area contributed by atoms with E-state index in [0.717, 1.165) is 31.7 Å². The lowest BCUT2D eigenvalue weighted by Gasteiger charge is -2.34. The molecule has 0 heterocycles. The highest BCUT2D eigenvalue weighted by Gasteiger charge is 2.43. The highest BCUT2D eigenvalue weighted by Crippen LogP contribution is 2.51. The predicted octanol–water partition coefficient (Wildman–Crippen LogP) is 4.71. The van der Waals surface area contributed by atoms with E-state index >= 15 is 0 Å². The summed E-state index contributed by atoms with van der Waals surface area (Å²) in [7, 11) is 0. The van der Waals surface area contributed by atoms with Crippen LogP contribution in [0.25, 0.3) is 0 Å². The zero-order valence-electron chi connectivity index (χ0n) is 11.0. The third kappa shape index (κ3) is 2.64. The van der Waals surface area contributed by atoms with Crippen molar-refractivity contribution in [3.63, 3.8) is 0 Å². The van der Waals surface area contributed by atoms with Crippen LogP contribution in [0.3, 0.4) is 0 Å². The lowest BCUT2D eigenvalue weighted by Crippen LogP contribution is -2.27. The molecule has 106 valence electrons. The molecule has 0 aliphatic heterocycles. The van der Waals surface area contributed by atoms with Crippen molar-refractivity contribution < 1.29 is 18.3 Å². The number of hydrogen-bond acceptors (Lipinski definition) is 1. The van der Waals surface area contributed by atoms with Gasteiger partial charge in [-0.15, -0.1) is 0 Å². The van der Waals surface area contributed by atoms with Crippen molar-refractivity contribution in [1.82, 2.24) is 0 Å². The van der Waals surface area contributed by atoms with Crippen LogP contribution in [0.1, 0.15) is 56.3 Å². The van der Waals surface area contributed by atoms with Gasteiger partial charge in [0.2, 0.25) is 0 Å². The van der Waals surface area contributed by atoms with Crippen molar-refractivity contribution in [2.75, 3.05) is 0 Å². The molecule has 1 aromatic carbocycles. The molecule has 19 heavy (non-hydrogen) atoms. The van der Waals surface area contributed by atoms with E-state index in [-0.39, 0.29) is 11.0 Å². The molecular formula is C15H19F3O. The zero-order valence-corrected chi connectivity index (χ0v) is 11.0. The second kappa shape index (κ2) is 5.16. The van der Waals surface area contributed by atoms with Gasteiger partial charge in [0.15, 0.2) is 0 Å². The highest BCUT2D eigenvalue weighted by molar-refractivity contribution is 5.33. The van der Waals surface area contributed by atoms with E-state index in [4.69, 9.17) is 0 Å². The number of aliphatic hydroxyl groups excluding tert-OH is 1. The molecular weight excluding hydrogens is 253 g/mol. The number of rotatable bonds is 3. The van der Waals surface area contributed by atoms with E-state index in [1.165, 1.54) is 12.1 Å². The summed E-state index contributed by atoms with van der Waals surface area (Å²) in [5.74, 6) is 0. The van der Waals surface area contributed by atoms with Gasteiger partial charge >= 0.3 is 6.18 Å². The number of alkyl halides is 3. The smallest absolute Gasteiger partial charge is 0.388 e. The van der Waals surface area contributed by atoms with Crippen LogP contribution in [-0.4, -0.2) is 5.11 Å². The van der Waals surface area contributed by atoms with Gasteiger partial charge in [-0.3, -0.25) is 0 Å². The second-order valence-corrected chi connectivity index (χ2v) is 5.41. The zero-order chi connectivity index (χ0) is 14.1. The van der Waals surface area contributed by atoms with Crippen LogP contribution >= 0.6 is 0 Å². The van der Waals surface area contributed by atoms with E-state index in [2.05, 4.69) is 0 Å². The summed E-state index contributed by atoms with van der Waals surface area (Å²) in [6.07, 6.45) is -1.16. The van der Waals surface area contributed by atoms with Crippen LogP contribution in [0.5, 0.6) is 0 Å². The fourth-order valence-corrected chi connectivity index (χ4v) is 3.22. The van der Waals surface area contributed by atoms with E-state index in [0.29, 0.717) is 6.42 Å². The summed E-state index contributed by atoms with van der Waals surface area (Å²) >= 11 is 0. The van der Waals surface area contributed by atoms with Crippen LogP contribution < -0.4 is 0 Å². The predicted molar refractivity (Wildman–Crippen MR) is 67.6 cm³/mol. The quantitative estimate of drug-likeness (QED) is 0.845. The Labute approximate surface area is 111 Å². The monoisotopic (exact) mass is 272 g/mol. The maximum Gasteiger partial charge on any atom is 0.416 e. The molecule has 0 spiro atoms. The van der Waals surface area contributed by atoms with Crippen molar-refractivity contribution in [3.8, 4) is 0 Å². The molecule has 1 atom stereocenters. The molecule has 1 aromatic rings. The third-order valence-electron chi connectivity index (χ3n) is 4.44. The largest absolute Gasteiger partial charge is 0.416 e. The van der Waals surface area contributed by atoms with Crippen molar-refractivity contribution in [2.45, 2.75) is 51.3 Å². The van der Waals surface area contributed by atoms with Gasteiger partial charge < -0.3 is 5.11 Å². The van der Waals surface area contributed by atoms with Gasteiger partial charge in [0.25, 0.3) is 0 Å². The molecule has 0 aromatic heterocycles. The molecule has 1 N–H and O–H groups in total. The fourth-order valence-electron chi connectivity index (χ4n) is 3.22. The molecule has 1 nitrogen and oxygen atoms in total. The molecule has 1 saturated carbocycles. The first-order chi connectivity index (χ1) is 8.91. The van der Waals surface area contributed by atoms with Gasteiger partial charge in [-0.2, -0.15) is 13.2 Å². The molecule has 2 rings (SSSR count). The molecule has 0 amide bonds. The van der Waals surface area contributed by atoms with Gasteiger partial charge in [0.1, 0.15) is 0 Å². The van der Waals surface area contributed by atoms with Crippen LogP contribution in [0.15, 0.2) is 24.3 Å². The third-order valence-corrected chi connectivity index (χ3v) is 4.44. The van der Waals surface area contributed by atoms with Gasteiger partial charge in [0, 0.05) is 5.41 Å². The second-order valence-electron chi connectivity index (χ2n) is 5.41. The standard InChI is InChI=1S/C15H19F3O/c1-2-14(9-5-6-10-14)13(19)11-7-3-4-8-12(11)15(16,17)18/h3-4,7-8,13,19H,2,5-6,9-10H2,1H3. The summed E-state index contributed by atoms with van der Waals surface area (Å²) in [5.41, 5.74) is -1.07. The van der Waals surface area contributed by atoms with Gasteiger partial charge in [-0.05, 0) is 30.9 Å². The van der Waals surface area contributed by atoms with Crippen molar-refractivity contribution in [2.24, 2.45) is 5.41 Å². The Bertz CT molecular complexity index is 433. The maximum absolute atomic E-state index is 13.0. The Morgan fingerprint density at radius 2 is 1.79 bits per heavy atom. The molecule has 1 aliphatic carbocycles. The van der Waals surface area contributed by atoms with E-state index in [1.807, 2.05) is 6.92 Å². The summed E-state index contributed by atoms with van der Waals surface area (Å²) in [4.78, 5) is 0. The van der Waals surface area contributed by atoms with Crippen LogP contribution in [-0.2, 0) is 6.18 Å². The van der Waals surface area contributed by atoms with Crippen molar-refractivity contribution in [1.29, 1.82) is 0 Å². The maximum atomic E-state index is 13.0. The summed E-state index contributed by atoms with van der Waals surface area (Å²) in [5, 5.41) is 10.5. The molecule has 4 heteroatoms. The fraction of sp³-hybridized carbons (Fsp3) is 0.600. The lowest BCUT2D eigenvalue weighted by molar-refractivity contribution is -0.140. The minimum atomic E-state index is -4.41. The van der Waals surface area contributed by atoms with E-state index < -0.39 is 17.8 Å². The molecule has 0 saturated heterocycles. The highest BCUT2D eigenvalue weighted by atomic mass is 19.4. The Hall–Kier alpha value is -1.03. The summed E-state index contributed by atoms with van der Waals surface area (Å²) in [6.45, 7) is 1.95. The first kappa shape index (κ1) is 14.4. The Morgan fingerprint density at radius 3 is 2.32 bits per heavy atom. The summed E-state index contributed by atoms with van der Waals surface area (Å²) < 4.78 is 39.0. The first-order valence-corrected chi connectivity index (χ1v) is 6.75. The topological polar surface area (TPSA) is 20.2 Å². The number of hydrogen-bond donors (Lipinski definition) is 1. The van der Waals surface area contributed by atoms with Crippen molar-refractivity contribution >= 4 is 0 Å². The Balaban J connectivity index is 2.41. The lowest BCUT2D eigenvalue weighted by atomic mass is 9.74. The van der Waals surface area contributed by atoms with Crippen LogP contribution in [0.2, 0.25) is 0 Å². The van der Waals surface area contributed by atoms with Crippen LogP contribution in [0, 0.1) is 5.41 Å². The van der Waals surface area contributed by atoms with Crippen LogP contribution in [0.4, 0.5) is 13.2 Å². The Morgan fingerprint density at radius 1 is 1.21 bits per heavy atom. The van der Waals surface area contributed by atoms with E-state index in [1.54, 1.807) is 6.07 Å². The van der Waals surface area contributed by atoms with Crippen molar-refractivity contribution in [3.05, 3.63) is 35.4 Å². The summed E-state index contributed by atoms with van der Waals surface area (Å²) in [6, 6.07) is 5.39. The molecule has 1 fully saturated rings. The molecule has 0 radical (unpaired) electrons. The minimum absolute atomic E-state index is 0.0266. The van der Waals surface area contributed by atoms with Gasteiger partial charge in [-0.25, -0.2) is 0 Å². The van der Waals surface area contributed by atoms with Gasteiger partial charge in [-0.1, -0.05) is 38.0 Å². The normalized spacial score (nSPS) is 20.5. The number of benzene rings is 1. The number of aliphatic hydroxyl groups is 1. The first-order valence-electron chi connectivity index (χ1n) is 6.75. The average Bonchev–Trinajstić information content (AvgIpc) is 2.87. The Kier molecular flexibility index (Phi) is 3.90.